The predicted octanol–water partition coefficient (Wildman–Crippen LogP) is 3.46. The predicted molar refractivity (Wildman–Crippen MR) is 156 cm³/mol. The summed E-state index contributed by atoms with van der Waals surface area (Å²) in [4.78, 5) is 29.0. The summed E-state index contributed by atoms with van der Waals surface area (Å²) in [7, 11) is 0. The first-order valence-electron chi connectivity index (χ1n) is 15.3. The summed E-state index contributed by atoms with van der Waals surface area (Å²) in [5.41, 5.74) is 6.42. The van der Waals surface area contributed by atoms with Crippen LogP contribution < -0.4 is 15.4 Å². The molecule has 228 valence electrons. The highest BCUT2D eigenvalue weighted by Crippen LogP contribution is 2.45. The summed E-state index contributed by atoms with van der Waals surface area (Å²) in [6.07, 6.45) is 8.52. The van der Waals surface area contributed by atoms with Gasteiger partial charge in [0.15, 0.2) is 11.6 Å². The number of nitrogens with two attached hydrogens (primary N) is 1. The number of piperidine rings is 1. The number of rotatable bonds is 8. The van der Waals surface area contributed by atoms with Crippen molar-refractivity contribution in [2.45, 2.75) is 70.2 Å². The Labute approximate surface area is 247 Å². The van der Waals surface area contributed by atoms with Crippen molar-refractivity contribution in [2.24, 2.45) is 11.1 Å². The van der Waals surface area contributed by atoms with Crippen molar-refractivity contribution in [1.82, 2.24) is 19.8 Å². The third-order valence-electron chi connectivity index (χ3n) is 9.28. The van der Waals surface area contributed by atoms with Crippen molar-refractivity contribution >= 4 is 11.7 Å². The van der Waals surface area contributed by atoms with Crippen molar-refractivity contribution in [3.8, 4) is 11.5 Å². The van der Waals surface area contributed by atoms with Crippen molar-refractivity contribution in [2.75, 3.05) is 57.4 Å². The highest BCUT2D eigenvalue weighted by atomic mass is 19.1. The van der Waals surface area contributed by atoms with Gasteiger partial charge in [-0.3, -0.25) is 4.79 Å². The number of likely N-dealkylation sites (tertiary alicyclic amines) is 1. The zero-order valence-electron chi connectivity index (χ0n) is 24.7. The van der Waals surface area contributed by atoms with Crippen LogP contribution in [0.5, 0.6) is 11.5 Å². The number of nitrogens with zero attached hydrogens (tertiary/aromatic N) is 5. The number of hydrogen-bond acceptors (Lipinski definition) is 9. The van der Waals surface area contributed by atoms with E-state index in [0.29, 0.717) is 37.5 Å². The van der Waals surface area contributed by atoms with Gasteiger partial charge in [0, 0.05) is 43.7 Å². The van der Waals surface area contributed by atoms with E-state index < -0.39 is 5.82 Å². The number of carbonyl (C=O) groups excluding carboxylic acids is 1. The van der Waals surface area contributed by atoms with Crippen LogP contribution in [-0.4, -0.2) is 102 Å². The maximum absolute atomic E-state index is 14.4. The van der Waals surface area contributed by atoms with E-state index in [0.717, 1.165) is 64.8 Å². The van der Waals surface area contributed by atoms with Crippen LogP contribution in [0.15, 0.2) is 30.7 Å². The fourth-order valence-corrected chi connectivity index (χ4v) is 6.90. The molecule has 1 amide bonds. The molecule has 6 rings (SSSR count). The van der Waals surface area contributed by atoms with Crippen molar-refractivity contribution in [3.05, 3.63) is 42.1 Å². The number of carbonyl (C=O) groups is 1. The molecular formula is C31H43FN6O4. The summed E-state index contributed by atoms with van der Waals surface area (Å²) in [5, 5.41) is 0. The summed E-state index contributed by atoms with van der Waals surface area (Å²) in [6, 6.07) is 4.13. The summed E-state index contributed by atoms with van der Waals surface area (Å²) < 4.78 is 32.2. The van der Waals surface area contributed by atoms with Gasteiger partial charge in [0.2, 0.25) is 0 Å². The van der Waals surface area contributed by atoms with E-state index in [9.17, 15) is 9.18 Å². The maximum Gasteiger partial charge on any atom is 0.258 e. The molecule has 5 heterocycles. The molecule has 0 radical (unpaired) electrons. The number of halogens is 1. The molecule has 4 saturated heterocycles. The topological polar surface area (TPSA) is 106 Å². The maximum atomic E-state index is 14.4. The van der Waals surface area contributed by atoms with E-state index in [4.69, 9.17) is 19.9 Å². The van der Waals surface area contributed by atoms with Gasteiger partial charge in [-0.05, 0) is 77.2 Å². The van der Waals surface area contributed by atoms with E-state index in [1.165, 1.54) is 24.5 Å². The lowest BCUT2D eigenvalue weighted by Gasteiger charge is -2.54. The Kier molecular flexibility index (Phi) is 8.63. The van der Waals surface area contributed by atoms with E-state index in [2.05, 4.69) is 19.8 Å². The fourth-order valence-electron chi connectivity index (χ4n) is 6.90. The molecule has 0 saturated carbocycles. The smallest absolute Gasteiger partial charge is 0.258 e. The van der Waals surface area contributed by atoms with Gasteiger partial charge < -0.3 is 34.6 Å². The van der Waals surface area contributed by atoms with Crippen LogP contribution in [0.1, 0.15) is 56.3 Å². The Morgan fingerprint density at radius 2 is 2.00 bits per heavy atom. The van der Waals surface area contributed by atoms with Gasteiger partial charge in [0.1, 0.15) is 17.9 Å². The van der Waals surface area contributed by atoms with Gasteiger partial charge in [-0.15, -0.1) is 0 Å². The minimum absolute atomic E-state index is 0.0542. The molecule has 2 aromatic rings. The number of anilines is 1. The lowest BCUT2D eigenvalue weighted by molar-refractivity contribution is -0.0277. The molecule has 1 spiro atoms. The van der Waals surface area contributed by atoms with Crippen LogP contribution >= 0.6 is 0 Å². The van der Waals surface area contributed by atoms with Gasteiger partial charge in [-0.2, -0.15) is 0 Å². The Morgan fingerprint density at radius 3 is 2.69 bits per heavy atom. The molecule has 10 nitrogen and oxygen atoms in total. The molecule has 3 atom stereocenters. The van der Waals surface area contributed by atoms with Crippen LogP contribution in [0.4, 0.5) is 10.2 Å². The molecule has 1 aromatic carbocycles. The Bertz CT molecular complexity index is 1230. The zero-order valence-corrected chi connectivity index (χ0v) is 24.7. The van der Waals surface area contributed by atoms with E-state index in [1.54, 1.807) is 11.1 Å². The second-order valence-electron chi connectivity index (χ2n) is 12.7. The lowest BCUT2D eigenvalue weighted by Crippen LogP contribution is -2.61. The summed E-state index contributed by atoms with van der Waals surface area (Å²) in [5.74, 6) is 0.674. The average Bonchev–Trinajstić information content (AvgIpc) is 3.49. The highest BCUT2D eigenvalue weighted by Gasteiger charge is 2.46. The van der Waals surface area contributed by atoms with E-state index in [1.807, 2.05) is 13.8 Å². The van der Waals surface area contributed by atoms with Gasteiger partial charge in [-0.1, -0.05) is 0 Å². The Morgan fingerprint density at radius 1 is 1.19 bits per heavy atom. The number of amides is 1. The van der Waals surface area contributed by atoms with Crippen molar-refractivity contribution in [1.29, 1.82) is 0 Å². The van der Waals surface area contributed by atoms with Crippen LogP contribution in [0, 0.1) is 11.2 Å². The lowest BCUT2D eigenvalue weighted by atomic mass is 9.72. The molecule has 1 unspecified atom stereocenters. The first kappa shape index (κ1) is 29.2. The highest BCUT2D eigenvalue weighted by molar-refractivity contribution is 5.97. The van der Waals surface area contributed by atoms with Gasteiger partial charge in [0.25, 0.3) is 5.91 Å². The number of benzene rings is 1. The van der Waals surface area contributed by atoms with Crippen molar-refractivity contribution < 1.29 is 23.4 Å². The quantitative estimate of drug-likeness (QED) is 0.501. The van der Waals surface area contributed by atoms with Crippen LogP contribution in [-0.2, 0) is 9.47 Å². The molecule has 0 bridgehead atoms. The molecule has 4 fully saturated rings. The molecule has 11 heteroatoms. The molecular weight excluding hydrogens is 539 g/mol. The zero-order chi connectivity index (χ0) is 29.3. The molecule has 1 aromatic heterocycles. The van der Waals surface area contributed by atoms with Gasteiger partial charge >= 0.3 is 0 Å². The van der Waals surface area contributed by atoms with E-state index >= 15 is 0 Å². The SMILES string of the molecule is CC(C)N(C(=O)c1cc(F)ccc1Oc1cncnc1N1CC2(CCN(C[C@@H]3CC[C@@H](N)CO3)CC2)C1)C1CCOC1. The number of ether oxygens (including phenoxy) is 3. The third kappa shape index (κ3) is 6.24. The summed E-state index contributed by atoms with van der Waals surface area (Å²) in [6.45, 7) is 10.6. The Balaban J connectivity index is 1.11. The van der Waals surface area contributed by atoms with Gasteiger partial charge in [-0.25, -0.2) is 14.4 Å². The first-order chi connectivity index (χ1) is 20.3. The van der Waals surface area contributed by atoms with Crippen LogP contribution in [0.3, 0.4) is 0 Å². The monoisotopic (exact) mass is 582 g/mol. The Hall–Kier alpha value is -2.86. The minimum Gasteiger partial charge on any atom is -0.451 e. The summed E-state index contributed by atoms with van der Waals surface area (Å²) >= 11 is 0. The number of aromatic nitrogens is 2. The normalized spacial score (nSPS) is 25.9. The molecule has 0 aliphatic carbocycles. The second-order valence-corrected chi connectivity index (χ2v) is 12.7. The van der Waals surface area contributed by atoms with Crippen molar-refractivity contribution in [3.63, 3.8) is 0 Å². The number of hydrogen-bond donors (Lipinski definition) is 1. The molecule has 4 aliphatic heterocycles. The molecule has 4 aliphatic rings. The largest absolute Gasteiger partial charge is 0.451 e. The third-order valence-corrected chi connectivity index (χ3v) is 9.28. The molecule has 2 N–H and O–H groups in total. The minimum atomic E-state index is -0.490. The second kappa shape index (κ2) is 12.4. The standard InChI is InChI=1S/C31H43FN6O4/c1-21(2)38(24-7-12-40-17-24)30(39)26-13-22(32)3-6-27(26)42-28-14-34-20-35-29(28)37-18-31(19-37)8-10-36(11-9-31)15-25-5-4-23(33)16-41-25/h3,6,13-14,20-21,23-25H,4-5,7-12,15-19,33H2,1-2H3/t23-,24?,25+/m1/s1. The van der Waals surface area contributed by atoms with Crippen LogP contribution in [0.25, 0.3) is 0 Å². The first-order valence-corrected chi connectivity index (χ1v) is 15.3. The van der Waals surface area contributed by atoms with E-state index in [-0.39, 0.29) is 40.8 Å². The van der Waals surface area contributed by atoms with Gasteiger partial charge in [0.05, 0.1) is 37.1 Å². The average molecular weight is 583 g/mol. The fraction of sp³-hybridized carbons (Fsp3) is 0.645. The molecule has 42 heavy (non-hydrogen) atoms. The van der Waals surface area contributed by atoms with Crippen LogP contribution in [0.2, 0.25) is 0 Å².